The molecule has 0 bridgehead atoms. The number of halogens is 1. The first-order valence-electron chi connectivity index (χ1n) is 26.8. The van der Waals surface area contributed by atoms with Crippen molar-refractivity contribution in [3.8, 4) is 0 Å². The number of hydrogen-bond acceptors (Lipinski definition) is 10. The number of carbonyl (C=O) groups excluding carboxylic acids is 1. The molecule has 14 aliphatic rings. The molecule has 0 aromatic carbocycles. The third kappa shape index (κ3) is 6.96. The summed E-state index contributed by atoms with van der Waals surface area (Å²) in [5.41, 5.74) is -2.14. The molecule has 0 radical (unpaired) electrons. The van der Waals surface area contributed by atoms with E-state index in [-0.39, 0.29) is 86.5 Å². The molecule has 368 valence electrons. The quantitative estimate of drug-likeness (QED) is 0.207. The molecule has 14 rings (SSSR count). The van der Waals surface area contributed by atoms with E-state index in [0.717, 1.165) is 129 Å². The standard InChI is InChI=1S/C27H42O5.C21H30O3.C6H11O2.BrH.Mg/c1-24-7-4-15(28)14-27(24,30)19-12-16(19)22-18(24)5-8-25(2)23(22)17-13-20(17)26(25,29)9-6-21-31-10-3-11-32-21;1-19-5-4-14-16(17(19)11-7-12(11)18(19)23)13-8-15(13)21(24)9-10(22)3-6-20(14,21)2;1-2-6-7-4-3-5-8-6;;/h15-23,28-30H,3-14H2,1-2H3;10-17,22,24H,3-9H2,1-2H3;6H,1-5H2;1H;/q;;-1;;+2/p-1/t15-,16-,17+,18?,19+,20-,22?,23?,24+,25-,26-,27+;10-,11+,12-,13-,14?,15+,16?,17?,19-,20+,21+;;;/m00.../s1. The molecule has 12 aliphatic carbocycles. The van der Waals surface area contributed by atoms with Crippen molar-refractivity contribution in [2.24, 2.45) is 105 Å². The van der Waals surface area contributed by atoms with Crippen LogP contribution in [0.3, 0.4) is 0 Å². The van der Waals surface area contributed by atoms with Crippen LogP contribution in [0.1, 0.15) is 150 Å². The first-order chi connectivity index (χ1) is 30.5. The van der Waals surface area contributed by atoms with Gasteiger partial charge < -0.3 is 68.4 Å². The molecule has 12 heteroatoms. The molecule has 10 nitrogen and oxygen atoms in total. The minimum Gasteiger partial charge on any atom is -1.00 e. The molecule has 5 N–H and O–H groups in total. The molecule has 23 atom stereocenters. The number of fused-ring (bicyclic) bond motifs is 20. The Hall–Kier alpha value is 0.556. The Morgan fingerprint density at radius 2 is 1.08 bits per heavy atom. The Morgan fingerprint density at radius 1 is 0.591 bits per heavy atom. The van der Waals surface area contributed by atoms with Crippen molar-refractivity contribution in [2.45, 2.75) is 191 Å². The predicted octanol–water partition coefficient (Wildman–Crippen LogP) is 3.87. The van der Waals surface area contributed by atoms with Crippen molar-refractivity contribution < 1.29 is 66.3 Å². The summed E-state index contributed by atoms with van der Waals surface area (Å²) >= 11 is 0. The van der Waals surface area contributed by atoms with Gasteiger partial charge in [-0.2, -0.15) is 0 Å². The van der Waals surface area contributed by atoms with E-state index >= 15 is 0 Å². The third-order valence-electron chi connectivity index (χ3n) is 23.7. The van der Waals surface area contributed by atoms with Crippen molar-refractivity contribution in [1.82, 2.24) is 0 Å². The third-order valence-corrected chi connectivity index (χ3v) is 23.7. The minimum atomic E-state index is -0.683. The minimum absolute atomic E-state index is 0. The Kier molecular flexibility index (Phi) is 12.9. The van der Waals surface area contributed by atoms with Crippen LogP contribution in [-0.2, 0) is 23.7 Å². The average molecular weight is 996 g/mol. The van der Waals surface area contributed by atoms with E-state index in [1.54, 1.807) is 0 Å². The van der Waals surface area contributed by atoms with Gasteiger partial charge in [0.25, 0.3) is 0 Å². The summed E-state index contributed by atoms with van der Waals surface area (Å²) in [7, 11) is 0. The van der Waals surface area contributed by atoms with E-state index in [1.165, 1.54) is 6.42 Å². The number of carbonyl (C=O) groups is 1. The molecule has 2 aliphatic heterocycles. The second-order valence-electron chi connectivity index (χ2n) is 26.0. The maximum atomic E-state index is 12.9. The number of hydrogen-bond donors (Lipinski definition) is 5. The fourth-order valence-electron chi connectivity index (χ4n) is 20.3. The smallest absolute Gasteiger partial charge is 1.00 e. The number of aliphatic hydroxyl groups is 5. The topological polar surface area (TPSA) is 155 Å². The number of ether oxygens (including phenoxy) is 4. The summed E-state index contributed by atoms with van der Waals surface area (Å²) < 4.78 is 21.9. The summed E-state index contributed by atoms with van der Waals surface area (Å²) in [6, 6.07) is 0. The first kappa shape index (κ1) is 50.1. The van der Waals surface area contributed by atoms with Gasteiger partial charge >= 0.3 is 23.1 Å². The number of aliphatic hydroxyl groups excluding tert-OH is 2. The van der Waals surface area contributed by atoms with Gasteiger partial charge in [0.15, 0.2) is 6.29 Å². The van der Waals surface area contributed by atoms with Crippen LogP contribution < -0.4 is 17.0 Å². The van der Waals surface area contributed by atoms with E-state index in [0.29, 0.717) is 101 Å². The van der Waals surface area contributed by atoms with Gasteiger partial charge in [-0.25, -0.2) is 0 Å². The molecule has 0 aromatic rings. The van der Waals surface area contributed by atoms with Crippen molar-refractivity contribution in [1.29, 1.82) is 0 Å². The molecule has 2 saturated heterocycles. The zero-order chi connectivity index (χ0) is 44.6. The van der Waals surface area contributed by atoms with Crippen molar-refractivity contribution in [3.05, 3.63) is 6.92 Å². The van der Waals surface area contributed by atoms with Gasteiger partial charge in [-0.15, -0.1) is 6.42 Å². The number of ketones is 1. The van der Waals surface area contributed by atoms with Gasteiger partial charge in [-0.1, -0.05) is 27.7 Å². The van der Waals surface area contributed by atoms with Crippen LogP contribution in [0, 0.1) is 111 Å². The molecule has 14 fully saturated rings. The van der Waals surface area contributed by atoms with Crippen molar-refractivity contribution in [2.75, 3.05) is 26.4 Å². The summed E-state index contributed by atoms with van der Waals surface area (Å²) in [4.78, 5) is 12.9. The van der Waals surface area contributed by atoms with Gasteiger partial charge in [-0.05, 0) is 189 Å². The maximum absolute atomic E-state index is 12.9. The maximum Gasteiger partial charge on any atom is 2.00 e. The molecular weight excluding hydrogens is 913 g/mol. The van der Waals surface area contributed by atoms with Gasteiger partial charge in [0.05, 0.1) is 55.4 Å². The second kappa shape index (κ2) is 17.1. The van der Waals surface area contributed by atoms with Crippen LogP contribution in [0.4, 0.5) is 0 Å². The molecule has 0 spiro atoms. The van der Waals surface area contributed by atoms with Gasteiger partial charge in [0.2, 0.25) is 0 Å². The summed E-state index contributed by atoms with van der Waals surface area (Å²) in [5, 5.41) is 56.5. The van der Waals surface area contributed by atoms with Crippen LogP contribution >= 0.6 is 0 Å². The first-order valence-corrected chi connectivity index (χ1v) is 26.8. The number of rotatable bonds is 4. The Balaban J connectivity index is 0.000000133. The van der Waals surface area contributed by atoms with Crippen molar-refractivity contribution >= 4 is 28.8 Å². The fourth-order valence-corrected chi connectivity index (χ4v) is 20.3. The molecule has 0 aromatic heterocycles. The zero-order valence-electron chi connectivity index (χ0n) is 40.7. The van der Waals surface area contributed by atoms with Gasteiger partial charge in [0, 0.05) is 30.6 Å². The fraction of sp³-hybridized carbons (Fsp3) is 0.963. The molecule has 6 unspecified atom stereocenters. The Morgan fingerprint density at radius 3 is 1.61 bits per heavy atom. The SMILES string of the molecule is C[C@]12CCC3C(C1[C@@H]1C[C@@H]1C2=O)[C@H]1C[C@H]1[C@]1(O)C[C@@H](O)CC[C@]31C.C[C@]12CCC3C(C1[C@@H]1C[C@@H]1[C@@]2(O)CCC1OCCCO1)[C@H]1C[C@H]1[C@]1(O)C[C@@H](O)CC[C@]31C.[Br-].[CH2-]CC1OCCCO1.[Mg+2]. The van der Waals surface area contributed by atoms with Crippen LogP contribution in [0.2, 0.25) is 0 Å². The zero-order valence-corrected chi connectivity index (χ0v) is 43.7. The molecular formula is C54H83BrMgO10. The normalized spacial score (nSPS) is 58.5. The van der Waals surface area contributed by atoms with Crippen molar-refractivity contribution in [3.63, 3.8) is 0 Å². The van der Waals surface area contributed by atoms with E-state index in [9.17, 15) is 30.3 Å². The van der Waals surface area contributed by atoms with Gasteiger partial charge in [0.1, 0.15) is 12.1 Å². The molecule has 12 saturated carbocycles. The predicted molar refractivity (Wildman–Crippen MR) is 243 cm³/mol. The van der Waals surface area contributed by atoms with Gasteiger partial charge in [-0.3, -0.25) is 4.79 Å². The monoisotopic (exact) mass is 995 g/mol. The Bertz CT molecular complexity index is 1850. The summed E-state index contributed by atoms with van der Waals surface area (Å²) in [5.74, 6) is 8.29. The van der Waals surface area contributed by atoms with Crippen LogP contribution in [-0.4, -0.2) is 122 Å². The number of Topliss-reactive ketones (excluding diaryl/α,β-unsaturated/α-hetero) is 1. The molecule has 0 amide bonds. The van der Waals surface area contributed by atoms with E-state index in [4.69, 9.17) is 18.9 Å². The summed E-state index contributed by atoms with van der Waals surface area (Å²) in [6.45, 7) is 16.2. The Labute approximate surface area is 421 Å². The van der Waals surface area contributed by atoms with E-state index < -0.39 is 16.8 Å². The summed E-state index contributed by atoms with van der Waals surface area (Å²) in [6.07, 6.45) is 17.2. The van der Waals surface area contributed by atoms with E-state index in [2.05, 4.69) is 34.6 Å². The van der Waals surface area contributed by atoms with E-state index in [1.807, 2.05) is 0 Å². The molecule has 2 heterocycles. The largest absolute Gasteiger partial charge is 2.00 e. The van der Waals surface area contributed by atoms with Crippen LogP contribution in [0.25, 0.3) is 0 Å². The average Bonchev–Trinajstić information content (AvgIpc) is 4.08. The molecule has 66 heavy (non-hydrogen) atoms. The van der Waals surface area contributed by atoms with Crippen LogP contribution in [0.5, 0.6) is 0 Å². The van der Waals surface area contributed by atoms with Crippen LogP contribution in [0.15, 0.2) is 0 Å². The second-order valence-corrected chi connectivity index (χ2v) is 26.0.